The molecule has 4 nitrogen and oxygen atoms in total. The van der Waals surface area contributed by atoms with Crippen LogP contribution in [0, 0.1) is 5.92 Å². The van der Waals surface area contributed by atoms with Crippen LogP contribution in [-0.2, 0) is 6.42 Å². The largest absolute Gasteiger partial charge is 0.396 e. The zero-order valence-electron chi connectivity index (χ0n) is 14.7. The van der Waals surface area contributed by atoms with Gasteiger partial charge < -0.3 is 15.7 Å². The van der Waals surface area contributed by atoms with E-state index in [0.29, 0.717) is 5.92 Å². The third kappa shape index (κ3) is 9.24. The van der Waals surface area contributed by atoms with Gasteiger partial charge in [0.2, 0.25) is 0 Å². The van der Waals surface area contributed by atoms with Crippen molar-refractivity contribution in [2.75, 3.05) is 26.2 Å². The Hall–Kier alpha value is -1.55. The van der Waals surface area contributed by atoms with Crippen LogP contribution in [0.25, 0.3) is 0 Å². The highest BCUT2D eigenvalue weighted by atomic mass is 16.3. The first kappa shape index (κ1) is 19.5. The van der Waals surface area contributed by atoms with Crippen molar-refractivity contribution < 1.29 is 5.11 Å². The van der Waals surface area contributed by atoms with E-state index in [1.165, 1.54) is 5.56 Å². The Balaban J connectivity index is 2.36. The smallest absolute Gasteiger partial charge is 0.191 e. The molecule has 0 heterocycles. The predicted molar refractivity (Wildman–Crippen MR) is 98.8 cm³/mol. The second kappa shape index (κ2) is 12.9. The molecule has 0 saturated heterocycles. The predicted octanol–water partition coefficient (Wildman–Crippen LogP) is 2.97. The van der Waals surface area contributed by atoms with Crippen molar-refractivity contribution in [2.24, 2.45) is 10.9 Å². The molecule has 1 unspecified atom stereocenters. The topological polar surface area (TPSA) is 56.7 Å². The van der Waals surface area contributed by atoms with Gasteiger partial charge in [0.15, 0.2) is 5.96 Å². The third-order valence-corrected chi connectivity index (χ3v) is 3.86. The second-order valence-electron chi connectivity index (χ2n) is 5.90. The summed E-state index contributed by atoms with van der Waals surface area (Å²) < 4.78 is 0. The standard InChI is InChI=1S/C19H33N3O/c1-3-9-18(13-15-23)16-22-19(20-4-2)21-14-8-12-17-10-6-5-7-11-17/h5-7,10-11,18,23H,3-4,8-9,12-16H2,1-2H3,(H2,20,21,22). The zero-order chi connectivity index (χ0) is 16.8. The first-order valence-corrected chi connectivity index (χ1v) is 8.97. The summed E-state index contributed by atoms with van der Waals surface area (Å²) in [6, 6.07) is 10.6. The summed E-state index contributed by atoms with van der Waals surface area (Å²) >= 11 is 0. The molecule has 0 aliphatic heterocycles. The van der Waals surface area contributed by atoms with Crippen LogP contribution < -0.4 is 10.6 Å². The maximum atomic E-state index is 9.13. The fourth-order valence-electron chi connectivity index (χ4n) is 2.62. The van der Waals surface area contributed by atoms with Gasteiger partial charge in [0.1, 0.15) is 0 Å². The van der Waals surface area contributed by atoms with E-state index in [2.05, 4.69) is 59.8 Å². The Bertz CT molecular complexity index is 414. The first-order chi connectivity index (χ1) is 11.3. The molecule has 3 N–H and O–H groups in total. The van der Waals surface area contributed by atoms with Gasteiger partial charge in [-0.2, -0.15) is 0 Å². The van der Waals surface area contributed by atoms with Gasteiger partial charge in [0, 0.05) is 26.2 Å². The molecule has 130 valence electrons. The lowest BCUT2D eigenvalue weighted by molar-refractivity contribution is 0.253. The zero-order valence-corrected chi connectivity index (χ0v) is 14.7. The molecule has 0 aromatic heterocycles. The lowest BCUT2D eigenvalue weighted by Crippen LogP contribution is -2.38. The number of aryl methyl sites for hydroxylation is 1. The highest BCUT2D eigenvalue weighted by molar-refractivity contribution is 5.79. The van der Waals surface area contributed by atoms with Gasteiger partial charge in [-0.25, -0.2) is 0 Å². The average Bonchev–Trinajstić information content (AvgIpc) is 2.57. The third-order valence-electron chi connectivity index (χ3n) is 3.86. The van der Waals surface area contributed by atoms with Crippen LogP contribution in [0.1, 0.15) is 45.1 Å². The average molecular weight is 319 g/mol. The van der Waals surface area contributed by atoms with Crippen molar-refractivity contribution in [1.29, 1.82) is 0 Å². The van der Waals surface area contributed by atoms with Gasteiger partial charge in [0.25, 0.3) is 0 Å². The van der Waals surface area contributed by atoms with E-state index >= 15 is 0 Å². The summed E-state index contributed by atoms with van der Waals surface area (Å²) in [7, 11) is 0. The van der Waals surface area contributed by atoms with E-state index < -0.39 is 0 Å². The molecule has 1 aromatic carbocycles. The lowest BCUT2D eigenvalue weighted by Gasteiger charge is -2.15. The van der Waals surface area contributed by atoms with Crippen molar-refractivity contribution in [3.63, 3.8) is 0 Å². The molecule has 0 aliphatic carbocycles. The molecular formula is C19H33N3O. The molecule has 0 bridgehead atoms. The number of nitrogens with one attached hydrogen (secondary N) is 2. The number of rotatable bonds is 11. The molecule has 0 radical (unpaired) electrons. The summed E-state index contributed by atoms with van der Waals surface area (Å²) in [6.45, 7) is 7.07. The summed E-state index contributed by atoms with van der Waals surface area (Å²) in [4.78, 5) is 4.68. The normalized spacial score (nSPS) is 12.9. The summed E-state index contributed by atoms with van der Waals surface area (Å²) in [5, 5.41) is 15.8. The van der Waals surface area contributed by atoms with Crippen LogP contribution in [0.15, 0.2) is 35.3 Å². The number of aliphatic hydroxyl groups is 1. The number of benzene rings is 1. The SMILES string of the molecule is CCCC(CCO)CN=C(NCC)NCCCc1ccccc1. The van der Waals surface area contributed by atoms with Crippen LogP contribution in [0.5, 0.6) is 0 Å². The highest BCUT2D eigenvalue weighted by Gasteiger charge is 2.07. The Morgan fingerprint density at radius 2 is 1.91 bits per heavy atom. The van der Waals surface area contributed by atoms with Crippen molar-refractivity contribution in [2.45, 2.75) is 46.0 Å². The van der Waals surface area contributed by atoms with E-state index in [0.717, 1.165) is 57.7 Å². The number of aliphatic imine (C=N–C) groups is 1. The quantitative estimate of drug-likeness (QED) is 0.334. The van der Waals surface area contributed by atoms with E-state index in [4.69, 9.17) is 5.11 Å². The number of aliphatic hydroxyl groups excluding tert-OH is 1. The molecule has 0 aliphatic rings. The number of nitrogens with zero attached hydrogens (tertiary/aromatic N) is 1. The van der Waals surface area contributed by atoms with Gasteiger partial charge in [-0.05, 0) is 44.1 Å². The Morgan fingerprint density at radius 3 is 2.57 bits per heavy atom. The fraction of sp³-hybridized carbons (Fsp3) is 0.632. The van der Waals surface area contributed by atoms with Crippen LogP contribution in [0.2, 0.25) is 0 Å². The molecule has 0 amide bonds. The molecule has 23 heavy (non-hydrogen) atoms. The molecular weight excluding hydrogens is 286 g/mol. The van der Waals surface area contributed by atoms with Crippen LogP contribution in [-0.4, -0.2) is 37.3 Å². The highest BCUT2D eigenvalue weighted by Crippen LogP contribution is 2.11. The maximum Gasteiger partial charge on any atom is 0.191 e. The monoisotopic (exact) mass is 319 g/mol. The molecule has 4 heteroatoms. The fourth-order valence-corrected chi connectivity index (χ4v) is 2.62. The second-order valence-corrected chi connectivity index (χ2v) is 5.90. The van der Waals surface area contributed by atoms with Crippen molar-refractivity contribution >= 4 is 5.96 Å². The Morgan fingerprint density at radius 1 is 1.13 bits per heavy atom. The van der Waals surface area contributed by atoms with Gasteiger partial charge in [-0.1, -0.05) is 43.7 Å². The maximum absolute atomic E-state index is 9.13. The minimum absolute atomic E-state index is 0.251. The van der Waals surface area contributed by atoms with Gasteiger partial charge in [0.05, 0.1) is 0 Å². The van der Waals surface area contributed by atoms with Crippen molar-refractivity contribution in [1.82, 2.24) is 10.6 Å². The molecule has 1 atom stereocenters. The van der Waals surface area contributed by atoms with Crippen LogP contribution in [0.4, 0.5) is 0 Å². The number of hydrogen-bond donors (Lipinski definition) is 3. The summed E-state index contributed by atoms with van der Waals surface area (Å²) in [5.41, 5.74) is 1.38. The first-order valence-electron chi connectivity index (χ1n) is 8.97. The van der Waals surface area contributed by atoms with Crippen molar-refractivity contribution in [3.05, 3.63) is 35.9 Å². The van der Waals surface area contributed by atoms with Crippen LogP contribution >= 0.6 is 0 Å². The van der Waals surface area contributed by atoms with Crippen molar-refractivity contribution in [3.8, 4) is 0 Å². The molecule has 0 spiro atoms. The summed E-state index contributed by atoms with van der Waals surface area (Å²) in [5.74, 6) is 1.37. The summed E-state index contributed by atoms with van der Waals surface area (Å²) in [6.07, 6.45) is 5.27. The molecule has 1 rings (SSSR count). The Kier molecular flexibility index (Phi) is 11.0. The van der Waals surface area contributed by atoms with E-state index in [1.54, 1.807) is 0 Å². The van der Waals surface area contributed by atoms with E-state index in [-0.39, 0.29) is 6.61 Å². The Labute approximate surface area is 141 Å². The van der Waals surface area contributed by atoms with Gasteiger partial charge >= 0.3 is 0 Å². The molecule has 0 saturated carbocycles. The molecule has 1 aromatic rings. The molecule has 0 fully saturated rings. The van der Waals surface area contributed by atoms with Gasteiger partial charge in [-0.3, -0.25) is 4.99 Å². The van der Waals surface area contributed by atoms with Gasteiger partial charge in [-0.15, -0.1) is 0 Å². The number of guanidine groups is 1. The van der Waals surface area contributed by atoms with E-state index in [9.17, 15) is 0 Å². The van der Waals surface area contributed by atoms with Crippen LogP contribution in [0.3, 0.4) is 0 Å². The number of hydrogen-bond acceptors (Lipinski definition) is 2. The minimum Gasteiger partial charge on any atom is -0.396 e. The lowest BCUT2D eigenvalue weighted by atomic mass is 10.0. The minimum atomic E-state index is 0.251. The van der Waals surface area contributed by atoms with E-state index in [1.807, 2.05) is 0 Å².